The minimum Gasteiger partial charge on any atom is -0.316 e. The van der Waals surface area contributed by atoms with E-state index in [1.807, 2.05) is 0 Å². The van der Waals surface area contributed by atoms with Crippen molar-refractivity contribution in [3.05, 3.63) is 62.9 Å². The molecule has 7 heteroatoms. The summed E-state index contributed by atoms with van der Waals surface area (Å²) in [6, 6.07) is 6.00. The van der Waals surface area contributed by atoms with Crippen LogP contribution in [0.25, 0.3) is 0 Å². The second kappa shape index (κ2) is 5.66. The number of benzene rings is 1. The Morgan fingerprint density at radius 1 is 1.40 bits per heavy atom. The molecule has 0 aliphatic carbocycles. The largest absolute Gasteiger partial charge is 0.316 e. The number of hydrogen-bond acceptors (Lipinski definition) is 4. The van der Waals surface area contributed by atoms with Crippen molar-refractivity contribution in [2.24, 2.45) is 0 Å². The van der Waals surface area contributed by atoms with Gasteiger partial charge in [-0.15, -0.1) is 0 Å². The van der Waals surface area contributed by atoms with Crippen LogP contribution in [0.4, 0.5) is 11.4 Å². The van der Waals surface area contributed by atoms with E-state index in [4.69, 9.17) is 11.6 Å². The zero-order valence-corrected chi connectivity index (χ0v) is 11.2. The first kappa shape index (κ1) is 14.0. The monoisotopic (exact) mass is 291 g/mol. The van der Waals surface area contributed by atoms with E-state index in [1.54, 1.807) is 13.0 Å². The molecule has 1 amide bonds. The minimum absolute atomic E-state index is 0.124. The Bertz CT molecular complexity index is 688. The van der Waals surface area contributed by atoms with Gasteiger partial charge in [0.05, 0.1) is 15.5 Å². The molecule has 0 spiro atoms. The number of rotatable bonds is 3. The van der Waals surface area contributed by atoms with Crippen molar-refractivity contribution in [3.8, 4) is 0 Å². The maximum absolute atomic E-state index is 12.0. The number of pyridine rings is 1. The van der Waals surface area contributed by atoms with E-state index in [1.165, 1.54) is 30.6 Å². The highest BCUT2D eigenvalue weighted by molar-refractivity contribution is 6.34. The van der Waals surface area contributed by atoms with Crippen LogP contribution in [0.2, 0.25) is 5.02 Å². The van der Waals surface area contributed by atoms with Crippen LogP contribution in [0, 0.1) is 17.0 Å². The normalized spacial score (nSPS) is 10.1. The molecule has 1 N–H and O–H groups in total. The number of nitro groups is 1. The molecule has 0 atom stereocenters. The highest BCUT2D eigenvalue weighted by Crippen LogP contribution is 2.26. The third kappa shape index (κ3) is 2.92. The number of halogens is 1. The number of anilines is 1. The fraction of sp³-hybridized carbons (Fsp3) is 0.0769. The first-order valence-electron chi connectivity index (χ1n) is 5.65. The van der Waals surface area contributed by atoms with Crippen molar-refractivity contribution in [2.45, 2.75) is 6.92 Å². The molecule has 20 heavy (non-hydrogen) atoms. The van der Waals surface area contributed by atoms with Gasteiger partial charge in [-0.3, -0.25) is 19.9 Å². The van der Waals surface area contributed by atoms with Gasteiger partial charge >= 0.3 is 0 Å². The summed E-state index contributed by atoms with van der Waals surface area (Å²) < 4.78 is 0. The van der Waals surface area contributed by atoms with E-state index in [2.05, 4.69) is 10.3 Å². The van der Waals surface area contributed by atoms with Gasteiger partial charge in [0.1, 0.15) is 5.69 Å². The van der Waals surface area contributed by atoms with E-state index >= 15 is 0 Å². The fourth-order valence-electron chi connectivity index (χ4n) is 1.65. The average molecular weight is 292 g/mol. The fourth-order valence-corrected chi connectivity index (χ4v) is 1.85. The summed E-state index contributed by atoms with van der Waals surface area (Å²) in [4.78, 5) is 26.3. The van der Waals surface area contributed by atoms with Gasteiger partial charge in [-0.05, 0) is 24.6 Å². The third-order valence-corrected chi connectivity index (χ3v) is 2.92. The highest BCUT2D eigenvalue weighted by Gasteiger charge is 2.18. The van der Waals surface area contributed by atoms with Crippen LogP contribution in [0.1, 0.15) is 15.9 Å². The SMILES string of the molecule is Cc1ccc(NC(=O)c2ccncc2Cl)c([N+](=O)[O-])c1. The Morgan fingerprint density at radius 2 is 2.15 bits per heavy atom. The molecular formula is C13H10ClN3O3. The van der Waals surface area contributed by atoms with Crippen molar-refractivity contribution in [3.63, 3.8) is 0 Å². The lowest BCUT2D eigenvalue weighted by molar-refractivity contribution is -0.384. The molecule has 0 fully saturated rings. The van der Waals surface area contributed by atoms with Crippen LogP contribution in [0.5, 0.6) is 0 Å². The minimum atomic E-state index is -0.545. The second-order valence-corrected chi connectivity index (χ2v) is 4.49. The summed E-state index contributed by atoms with van der Waals surface area (Å²) in [5.41, 5.74) is 0.898. The molecule has 0 aliphatic rings. The molecule has 102 valence electrons. The van der Waals surface area contributed by atoms with Gasteiger partial charge in [0.2, 0.25) is 0 Å². The van der Waals surface area contributed by atoms with Crippen LogP contribution in [0.3, 0.4) is 0 Å². The topological polar surface area (TPSA) is 85.1 Å². The van der Waals surface area contributed by atoms with Gasteiger partial charge < -0.3 is 5.32 Å². The standard InChI is InChI=1S/C13H10ClN3O3/c1-8-2-3-11(12(6-8)17(19)20)16-13(18)9-4-5-15-7-10(9)14/h2-7H,1H3,(H,16,18). The van der Waals surface area contributed by atoms with Gasteiger partial charge in [0.15, 0.2) is 0 Å². The number of aromatic nitrogens is 1. The molecule has 0 unspecified atom stereocenters. The van der Waals surface area contributed by atoms with Crippen LogP contribution in [-0.4, -0.2) is 15.8 Å². The van der Waals surface area contributed by atoms with Crippen LogP contribution in [0.15, 0.2) is 36.7 Å². The molecule has 6 nitrogen and oxygen atoms in total. The van der Waals surface area contributed by atoms with Crippen molar-refractivity contribution < 1.29 is 9.72 Å². The molecule has 1 heterocycles. The number of nitrogens with one attached hydrogen (secondary N) is 1. The predicted octanol–water partition coefficient (Wildman–Crippen LogP) is 3.20. The number of amides is 1. The molecule has 1 aromatic carbocycles. The Balaban J connectivity index is 2.33. The first-order valence-corrected chi connectivity index (χ1v) is 6.02. The maximum Gasteiger partial charge on any atom is 0.293 e. The summed E-state index contributed by atoms with van der Waals surface area (Å²) >= 11 is 5.86. The molecule has 1 aromatic heterocycles. The quantitative estimate of drug-likeness (QED) is 0.695. The van der Waals surface area contributed by atoms with E-state index in [-0.39, 0.29) is 22.0 Å². The number of nitrogens with zero attached hydrogens (tertiary/aromatic N) is 2. The van der Waals surface area contributed by atoms with E-state index < -0.39 is 10.8 Å². The summed E-state index contributed by atoms with van der Waals surface area (Å²) in [6.07, 6.45) is 2.75. The van der Waals surface area contributed by atoms with E-state index in [9.17, 15) is 14.9 Å². The van der Waals surface area contributed by atoms with E-state index in [0.29, 0.717) is 0 Å². The van der Waals surface area contributed by atoms with Gasteiger partial charge in [-0.25, -0.2) is 0 Å². The summed E-state index contributed by atoms with van der Waals surface area (Å²) in [5.74, 6) is -0.524. The smallest absolute Gasteiger partial charge is 0.293 e. The molecule has 0 bridgehead atoms. The first-order chi connectivity index (χ1) is 9.49. The molecule has 2 aromatic rings. The van der Waals surface area contributed by atoms with Crippen LogP contribution in [-0.2, 0) is 0 Å². The van der Waals surface area contributed by atoms with Crippen molar-refractivity contribution in [1.82, 2.24) is 4.98 Å². The van der Waals surface area contributed by atoms with Gasteiger partial charge in [0, 0.05) is 18.5 Å². The number of hydrogen-bond donors (Lipinski definition) is 1. The molecule has 0 saturated carbocycles. The van der Waals surface area contributed by atoms with Gasteiger partial charge in [-0.2, -0.15) is 0 Å². The molecule has 0 radical (unpaired) electrons. The molecule has 0 saturated heterocycles. The molecular weight excluding hydrogens is 282 g/mol. The lowest BCUT2D eigenvalue weighted by Crippen LogP contribution is -2.13. The summed E-state index contributed by atoms with van der Waals surface area (Å²) in [5, 5.41) is 13.6. The average Bonchev–Trinajstić information content (AvgIpc) is 2.41. The summed E-state index contributed by atoms with van der Waals surface area (Å²) in [6.45, 7) is 1.73. The lowest BCUT2D eigenvalue weighted by atomic mass is 10.2. The predicted molar refractivity (Wildman–Crippen MR) is 75.0 cm³/mol. The van der Waals surface area contributed by atoms with E-state index in [0.717, 1.165) is 5.56 Å². The van der Waals surface area contributed by atoms with Gasteiger partial charge in [0.25, 0.3) is 11.6 Å². The molecule has 2 rings (SSSR count). The zero-order valence-electron chi connectivity index (χ0n) is 10.5. The zero-order chi connectivity index (χ0) is 14.7. The Kier molecular flexibility index (Phi) is 3.95. The lowest BCUT2D eigenvalue weighted by Gasteiger charge is -2.07. The summed E-state index contributed by atoms with van der Waals surface area (Å²) in [7, 11) is 0. The Hall–Kier alpha value is -2.47. The Labute approximate surface area is 119 Å². The third-order valence-electron chi connectivity index (χ3n) is 2.62. The number of aryl methyl sites for hydroxylation is 1. The number of carbonyl (C=O) groups is 1. The molecule has 0 aliphatic heterocycles. The number of nitro benzene ring substituents is 1. The van der Waals surface area contributed by atoms with Gasteiger partial charge in [-0.1, -0.05) is 17.7 Å². The van der Waals surface area contributed by atoms with Crippen molar-refractivity contribution in [1.29, 1.82) is 0 Å². The van der Waals surface area contributed by atoms with Crippen molar-refractivity contribution >= 4 is 28.9 Å². The van der Waals surface area contributed by atoms with Crippen molar-refractivity contribution in [2.75, 3.05) is 5.32 Å². The second-order valence-electron chi connectivity index (χ2n) is 4.09. The Morgan fingerprint density at radius 3 is 2.80 bits per heavy atom. The highest BCUT2D eigenvalue weighted by atomic mass is 35.5. The van der Waals surface area contributed by atoms with Crippen LogP contribution >= 0.6 is 11.6 Å². The van der Waals surface area contributed by atoms with Crippen LogP contribution < -0.4 is 5.32 Å². The number of carbonyl (C=O) groups excluding carboxylic acids is 1. The maximum atomic E-state index is 12.0.